The van der Waals surface area contributed by atoms with E-state index in [0.717, 1.165) is 0 Å². The first kappa shape index (κ1) is 12.1. The summed E-state index contributed by atoms with van der Waals surface area (Å²) in [6.07, 6.45) is 1.37. The lowest BCUT2D eigenvalue weighted by molar-refractivity contribution is -0.120. The summed E-state index contributed by atoms with van der Waals surface area (Å²) in [5, 5.41) is 8.73. The van der Waals surface area contributed by atoms with Crippen molar-refractivity contribution in [3.05, 3.63) is 35.4 Å². The molecule has 0 atom stereocenters. The molecule has 0 spiro atoms. The molecule has 1 N–H and O–H groups in total. The van der Waals surface area contributed by atoms with Crippen LogP contribution >= 0.6 is 0 Å². The lowest BCUT2D eigenvalue weighted by Crippen LogP contribution is -2.32. The second kappa shape index (κ2) is 3.83. The molecule has 1 heterocycles. The lowest BCUT2D eigenvalue weighted by Gasteiger charge is -2.16. The van der Waals surface area contributed by atoms with Gasteiger partial charge in [-0.05, 0) is 0 Å². The topological polar surface area (TPSA) is 57.6 Å². The molecule has 0 aliphatic carbocycles. The average molecular weight is 261 g/mol. The van der Waals surface area contributed by atoms with Gasteiger partial charge in [0.05, 0.1) is 0 Å². The van der Waals surface area contributed by atoms with E-state index >= 15 is 0 Å². The van der Waals surface area contributed by atoms with Crippen molar-refractivity contribution < 1.29 is 32.3 Å². The predicted molar refractivity (Wildman–Crippen MR) is 49.6 cm³/mol. The number of phenols is 1. The van der Waals surface area contributed by atoms with E-state index in [1.54, 1.807) is 0 Å². The summed E-state index contributed by atoms with van der Waals surface area (Å²) >= 11 is 0. The zero-order valence-electron chi connectivity index (χ0n) is 8.38. The van der Waals surface area contributed by atoms with Gasteiger partial charge in [-0.25, -0.2) is 13.7 Å². The Bertz CT molecular complexity index is 565. The van der Waals surface area contributed by atoms with Crippen LogP contribution in [0.1, 0.15) is 0 Å². The maximum Gasteiger partial charge on any atom is 0.258 e. The highest BCUT2D eigenvalue weighted by atomic mass is 19.2. The first-order chi connectivity index (χ1) is 8.36. The fraction of sp³-hybridized carbons (Fsp3) is 0. The molecule has 8 heteroatoms. The number of hydrogen-bond donors (Lipinski definition) is 1. The van der Waals surface area contributed by atoms with Crippen LogP contribution in [0.15, 0.2) is 12.2 Å². The molecule has 0 bridgehead atoms. The van der Waals surface area contributed by atoms with E-state index in [1.807, 2.05) is 0 Å². The van der Waals surface area contributed by atoms with Crippen molar-refractivity contribution in [3.8, 4) is 5.75 Å². The van der Waals surface area contributed by atoms with Crippen molar-refractivity contribution in [2.24, 2.45) is 0 Å². The van der Waals surface area contributed by atoms with Crippen LogP contribution in [0.2, 0.25) is 0 Å². The van der Waals surface area contributed by atoms with E-state index in [1.165, 1.54) is 0 Å². The minimum atomic E-state index is -2.09. The van der Waals surface area contributed by atoms with E-state index in [4.69, 9.17) is 5.11 Å². The zero-order valence-corrected chi connectivity index (χ0v) is 8.38. The highest BCUT2D eigenvalue weighted by Gasteiger charge is 2.35. The van der Waals surface area contributed by atoms with Crippen LogP contribution in [0.3, 0.4) is 0 Å². The number of aromatic hydroxyl groups is 1. The summed E-state index contributed by atoms with van der Waals surface area (Å²) in [7, 11) is 0. The minimum absolute atomic E-state index is 0.0731. The summed E-state index contributed by atoms with van der Waals surface area (Å²) in [6.45, 7) is 0. The van der Waals surface area contributed by atoms with Crippen LogP contribution in [-0.4, -0.2) is 16.9 Å². The van der Waals surface area contributed by atoms with Crippen molar-refractivity contribution in [2.45, 2.75) is 0 Å². The molecule has 2 rings (SSSR count). The second-order valence-corrected chi connectivity index (χ2v) is 3.30. The van der Waals surface area contributed by atoms with Crippen LogP contribution < -0.4 is 4.90 Å². The molecule has 4 nitrogen and oxygen atoms in total. The third-order valence-electron chi connectivity index (χ3n) is 2.25. The van der Waals surface area contributed by atoms with Gasteiger partial charge in [0.25, 0.3) is 11.8 Å². The maximum atomic E-state index is 13.4. The van der Waals surface area contributed by atoms with Gasteiger partial charge < -0.3 is 5.11 Å². The Morgan fingerprint density at radius 3 is 1.61 bits per heavy atom. The molecule has 0 saturated heterocycles. The van der Waals surface area contributed by atoms with Crippen LogP contribution in [0.25, 0.3) is 0 Å². The largest absolute Gasteiger partial charge is 0.503 e. The maximum absolute atomic E-state index is 13.4. The number of benzene rings is 1. The molecule has 18 heavy (non-hydrogen) atoms. The van der Waals surface area contributed by atoms with Gasteiger partial charge in [0.15, 0.2) is 17.4 Å². The lowest BCUT2D eigenvalue weighted by atomic mass is 10.2. The van der Waals surface area contributed by atoms with Gasteiger partial charge in [-0.15, -0.1) is 0 Å². The minimum Gasteiger partial charge on any atom is -0.503 e. The van der Waals surface area contributed by atoms with Crippen LogP contribution in [0, 0.1) is 23.3 Å². The van der Waals surface area contributed by atoms with Gasteiger partial charge in [0.2, 0.25) is 11.6 Å². The number of hydrogen-bond acceptors (Lipinski definition) is 3. The Morgan fingerprint density at radius 1 is 0.833 bits per heavy atom. The van der Waals surface area contributed by atoms with E-state index in [-0.39, 0.29) is 4.90 Å². The average Bonchev–Trinajstić information content (AvgIpc) is 2.66. The van der Waals surface area contributed by atoms with Gasteiger partial charge in [-0.1, -0.05) is 0 Å². The summed E-state index contributed by atoms with van der Waals surface area (Å²) in [5.41, 5.74) is -1.50. The molecule has 94 valence electrons. The number of nitrogens with zero attached hydrogens (tertiary/aromatic N) is 1. The Labute approximate surface area is 96.7 Å². The van der Waals surface area contributed by atoms with Crippen LogP contribution in [0.5, 0.6) is 5.75 Å². The standard InChI is InChI=1S/C10H3F4NO3/c11-5-7(13)10(18)8(14)6(12)9(5)15-3(16)1-2-4(15)17/h1-2,18H. The fourth-order valence-corrected chi connectivity index (χ4v) is 1.43. The molecule has 1 aliphatic heterocycles. The van der Waals surface area contributed by atoms with Gasteiger partial charge in [-0.2, -0.15) is 8.78 Å². The van der Waals surface area contributed by atoms with Crippen molar-refractivity contribution >= 4 is 17.5 Å². The normalized spacial score (nSPS) is 14.8. The molecule has 0 fully saturated rings. The molecule has 1 aromatic rings. The van der Waals surface area contributed by atoms with E-state index in [0.29, 0.717) is 12.2 Å². The molecule has 0 saturated carbocycles. The molecule has 2 amide bonds. The number of carbonyl (C=O) groups excluding carboxylic acids is 2. The number of imide groups is 1. The first-order valence-corrected chi connectivity index (χ1v) is 4.47. The molecule has 1 aromatic carbocycles. The predicted octanol–water partition coefficient (Wildman–Crippen LogP) is 1.38. The number of carbonyl (C=O) groups is 2. The van der Waals surface area contributed by atoms with Gasteiger partial charge in [0.1, 0.15) is 5.69 Å². The van der Waals surface area contributed by atoms with E-state index in [2.05, 4.69) is 0 Å². The van der Waals surface area contributed by atoms with Gasteiger partial charge in [0, 0.05) is 12.2 Å². The molecule has 0 unspecified atom stereocenters. The highest BCUT2D eigenvalue weighted by molar-refractivity contribution is 6.28. The molecule has 1 aliphatic rings. The summed E-state index contributed by atoms with van der Waals surface area (Å²) in [5.74, 6) is -12.4. The smallest absolute Gasteiger partial charge is 0.258 e. The van der Waals surface area contributed by atoms with Crippen molar-refractivity contribution in [2.75, 3.05) is 4.90 Å². The number of anilines is 1. The van der Waals surface area contributed by atoms with Crippen molar-refractivity contribution in [1.29, 1.82) is 0 Å². The fourth-order valence-electron chi connectivity index (χ4n) is 1.43. The Kier molecular flexibility index (Phi) is 2.57. The van der Waals surface area contributed by atoms with Crippen molar-refractivity contribution in [1.82, 2.24) is 0 Å². The Balaban J connectivity index is 2.73. The van der Waals surface area contributed by atoms with Crippen LogP contribution in [0.4, 0.5) is 23.2 Å². The van der Waals surface area contributed by atoms with Gasteiger partial charge >= 0.3 is 0 Å². The monoisotopic (exact) mass is 261 g/mol. The molecule has 0 radical (unpaired) electrons. The van der Waals surface area contributed by atoms with E-state index < -0.39 is 46.5 Å². The SMILES string of the molecule is O=C1C=CC(=O)N1c1c(F)c(F)c(O)c(F)c1F. The molecular formula is C10H3F4NO3. The Morgan fingerprint density at radius 2 is 1.22 bits per heavy atom. The summed E-state index contributed by atoms with van der Waals surface area (Å²) < 4.78 is 52.8. The van der Waals surface area contributed by atoms with E-state index in [9.17, 15) is 27.2 Å². The number of phenolic OH excluding ortho intramolecular Hbond substituents is 1. The molecule has 0 aromatic heterocycles. The van der Waals surface area contributed by atoms with Crippen LogP contribution in [-0.2, 0) is 9.59 Å². The number of amides is 2. The Hall–Kier alpha value is -2.38. The second-order valence-electron chi connectivity index (χ2n) is 3.30. The third kappa shape index (κ3) is 1.45. The summed E-state index contributed by atoms with van der Waals surface area (Å²) in [4.78, 5) is 22.3. The first-order valence-electron chi connectivity index (χ1n) is 4.47. The zero-order chi connectivity index (χ0) is 13.6. The third-order valence-corrected chi connectivity index (χ3v) is 2.25. The number of halogens is 4. The number of rotatable bonds is 1. The van der Waals surface area contributed by atoms with Crippen molar-refractivity contribution in [3.63, 3.8) is 0 Å². The van der Waals surface area contributed by atoms with Gasteiger partial charge in [-0.3, -0.25) is 9.59 Å². The quantitative estimate of drug-likeness (QED) is 0.472. The highest BCUT2D eigenvalue weighted by Crippen LogP contribution is 2.35. The molecular weight excluding hydrogens is 258 g/mol. The summed E-state index contributed by atoms with van der Waals surface area (Å²) in [6, 6.07) is 0.